The van der Waals surface area contributed by atoms with Gasteiger partial charge in [-0.15, -0.1) is 0 Å². The van der Waals surface area contributed by atoms with Gasteiger partial charge in [-0.2, -0.15) is 10.5 Å². The minimum Gasteiger partial charge on any atom is -0.392 e. The average Bonchev–Trinajstić information content (AvgIpc) is 2.59. The first kappa shape index (κ1) is 18.1. The van der Waals surface area contributed by atoms with Crippen LogP contribution >= 0.6 is 11.8 Å². The zero-order valence-electron chi connectivity index (χ0n) is 14.3. The second kappa shape index (κ2) is 7.55. The molecule has 1 aromatic rings. The predicted octanol–water partition coefficient (Wildman–Crippen LogP) is 4.02. The van der Waals surface area contributed by atoms with Crippen LogP contribution in [0.2, 0.25) is 0 Å². The zero-order valence-corrected chi connectivity index (χ0v) is 15.1. The Kier molecular flexibility index (Phi) is 5.70. The third-order valence-corrected chi connectivity index (χ3v) is 5.48. The van der Waals surface area contributed by atoms with Gasteiger partial charge in [0.25, 0.3) is 0 Å². The summed E-state index contributed by atoms with van der Waals surface area (Å²) in [7, 11) is 0. The molecule has 1 aliphatic heterocycles. The Morgan fingerprint density at radius 2 is 1.71 bits per heavy atom. The molecule has 1 heterocycles. The lowest BCUT2D eigenvalue weighted by Crippen LogP contribution is -2.28. The van der Waals surface area contributed by atoms with Crippen molar-refractivity contribution in [2.45, 2.75) is 46.0 Å². The fraction of sp³-hybridized carbons (Fsp3) is 0.421. The standard InChI is InChI=1S/C19H22N4S/c1-4-11-7-12(5-2)16(13(6-3)8-11)17-14(9-20)18(22)24-19(23)15(17)10-21/h7-8,14,17,22H,4-6,23H2,1-3H3/t14-,17+/m0/s1. The van der Waals surface area contributed by atoms with E-state index in [0.717, 1.165) is 47.7 Å². The molecule has 2 rings (SSSR count). The van der Waals surface area contributed by atoms with E-state index in [-0.39, 0.29) is 5.04 Å². The zero-order chi connectivity index (χ0) is 17.9. The van der Waals surface area contributed by atoms with Crippen molar-refractivity contribution < 1.29 is 0 Å². The van der Waals surface area contributed by atoms with E-state index >= 15 is 0 Å². The highest BCUT2D eigenvalue weighted by Gasteiger charge is 2.39. The van der Waals surface area contributed by atoms with E-state index in [9.17, 15) is 10.5 Å². The van der Waals surface area contributed by atoms with Gasteiger partial charge in [0, 0.05) is 5.92 Å². The number of aryl methyl sites for hydroxylation is 3. The molecule has 0 saturated heterocycles. The molecular formula is C19H22N4S. The van der Waals surface area contributed by atoms with E-state index in [1.54, 1.807) is 0 Å². The molecule has 0 radical (unpaired) electrons. The van der Waals surface area contributed by atoms with Gasteiger partial charge in [0.1, 0.15) is 5.92 Å². The summed E-state index contributed by atoms with van der Waals surface area (Å²) in [6.07, 6.45) is 2.59. The van der Waals surface area contributed by atoms with Gasteiger partial charge in [-0.1, -0.05) is 44.7 Å². The Morgan fingerprint density at radius 3 is 2.12 bits per heavy atom. The SMILES string of the molecule is CCc1cc(CC)c([C@H]2C(C#N)=C(N)SC(=N)[C@H]2C#N)c(CC)c1. The summed E-state index contributed by atoms with van der Waals surface area (Å²) >= 11 is 1.04. The Hall–Kier alpha value is -2.24. The molecule has 3 N–H and O–H groups in total. The van der Waals surface area contributed by atoms with Crippen LogP contribution in [0.1, 0.15) is 48.9 Å². The van der Waals surface area contributed by atoms with Crippen molar-refractivity contribution in [3.05, 3.63) is 45.0 Å². The normalized spacial score (nSPS) is 20.6. The van der Waals surface area contributed by atoms with E-state index in [1.807, 2.05) is 0 Å². The fourth-order valence-corrected chi connectivity index (χ4v) is 4.15. The number of nitrogens with zero attached hydrogens (tertiary/aromatic N) is 2. The van der Waals surface area contributed by atoms with Crippen LogP contribution in [-0.2, 0) is 19.3 Å². The number of nitrogens with one attached hydrogen (secondary N) is 1. The van der Waals surface area contributed by atoms with E-state index in [0.29, 0.717) is 10.6 Å². The summed E-state index contributed by atoms with van der Waals surface area (Å²) < 4.78 is 0. The fourth-order valence-electron chi connectivity index (χ4n) is 3.32. The molecule has 1 aromatic carbocycles. The van der Waals surface area contributed by atoms with Gasteiger partial charge in [0.2, 0.25) is 0 Å². The maximum atomic E-state index is 9.64. The van der Waals surface area contributed by atoms with Crippen molar-refractivity contribution in [3.8, 4) is 12.1 Å². The van der Waals surface area contributed by atoms with Gasteiger partial charge in [-0.3, -0.25) is 5.41 Å². The smallest absolute Gasteiger partial charge is 0.106 e. The van der Waals surface area contributed by atoms with Crippen LogP contribution in [0.3, 0.4) is 0 Å². The predicted molar refractivity (Wildman–Crippen MR) is 98.6 cm³/mol. The highest BCUT2D eigenvalue weighted by molar-refractivity contribution is 8.17. The summed E-state index contributed by atoms with van der Waals surface area (Å²) in [4.78, 5) is 0. The minimum absolute atomic E-state index is 0.225. The molecule has 2 atom stereocenters. The third kappa shape index (κ3) is 3.05. The molecule has 0 spiro atoms. The average molecular weight is 338 g/mol. The summed E-state index contributed by atoms with van der Waals surface area (Å²) in [5.74, 6) is -1.09. The van der Waals surface area contributed by atoms with E-state index < -0.39 is 11.8 Å². The Morgan fingerprint density at radius 1 is 1.12 bits per heavy atom. The summed E-state index contributed by atoms with van der Waals surface area (Å²) in [5, 5.41) is 28.0. The highest BCUT2D eigenvalue weighted by Crippen LogP contribution is 2.45. The van der Waals surface area contributed by atoms with Gasteiger partial charge in [-0.25, -0.2) is 0 Å². The summed E-state index contributed by atoms with van der Waals surface area (Å²) in [5.41, 5.74) is 11.0. The van der Waals surface area contributed by atoms with Crippen LogP contribution in [0.25, 0.3) is 0 Å². The number of nitriles is 2. The Labute approximate surface area is 147 Å². The lowest BCUT2D eigenvalue weighted by Gasteiger charge is -2.31. The van der Waals surface area contributed by atoms with E-state index in [1.165, 1.54) is 5.56 Å². The van der Waals surface area contributed by atoms with Gasteiger partial charge in [0.05, 0.1) is 27.8 Å². The molecule has 0 aliphatic carbocycles. The number of hydrogen-bond acceptors (Lipinski definition) is 5. The third-order valence-electron chi connectivity index (χ3n) is 4.56. The molecule has 5 heteroatoms. The van der Waals surface area contributed by atoms with Crippen molar-refractivity contribution in [1.29, 1.82) is 15.9 Å². The largest absolute Gasteiger partial charge is 0.392 e. The van der Waals surface area contributed by atoms with Crippen LogP contribution in [0, 0.1) is 34.0 Å². The Bertz CT molecular complexity index is 755. The van der Waals surface area contributed by atoms with Crippen molar-refractivity contribution in [2.24, 2.45) is 11.7 Å². The molecule has 4 nitrogen and oxygen atoms in total. The number of nitrogens with two attached hydrogens (primary N) is 1. The lowest BCUT2D eigenvalue weighted by molar-refractivity contribution is 0.709. The molecule has 0 amide bonds. The summed E-state index contributed by atoms with van der Waals surface area (Å²) in [6.45, 7) is 6.29. The molecular weight excluding hydrogens is 316 g/mol. The van der Waals surface area contributed by atoms with Crippen LogP contribution in [-0.4, -0.2) is 5.04 Å². The molecule has 124 valence electrons. The second-order valence-corrected chi connectivity index (χ2v) is 6.91. The Balaban J connectivity index is 2.80. The molecule has 0 aromatic heterocycles. The monoisotopic (exact) mass is 338 g/mol. The van der Waals surface area contributed by atoms with Crippen molar-refractivity contribution in [2.75, 3.05) is 0 Å². The molecule has 1 aliphatic rings. The molecule has 24 heavy (non-hydrogen) atoms. The lowest BCUT2D eigenvalue weighted by atomic mass is 9.76. The number of allylic oxidation sites excluding steroid dienone is 1. The van der Waals surface area contributed by atoms with Gasteiger partial charge in [-0.05, 0) is 41.5 Å². The number of rotatable bonds is 4. The summed E-state index contributed by atoms with van der Waals surface area (Å²) in [6, 6.07) is 8.77. The van der Waals surface area contributed by atoms with Gasteiger partial charge < -0.3 is 5.73 Å². The van der Waals surface area contributed by atoms with E-state index in [4.69, 9.17) is 11.1 Å². The van der Waals surface area contributed by atoms with Crippen LogP contribution in [0.5, 0.6) is 0 Å². The quantitative estimate of drug-likeness (QED) is 0.866. The molecule has 0 unspecified atom stereocenters. The van der Waals surface area contributed by atoms with Crippen LogP contribution in [0.15, 0.2) is 22.7 Å². The van der Waals surface area contributed by atoms with Crippen molar-refractivity contribution in [3.63, 3.8) is 0 Å². The van der Waals surface area contributed by atoms with Gasteiger partial charge in [0.15, 0.2) is 0 Å². The molecule has 0 saturated carbocycles. The number of benzene rings is 1. The van der Waals surface area contributed by atoms with Crippen LogP contribution in [0.4, 0.5) is 0 Å². The number of hydrogen-bond donors (Lipinski definition) is 2. The highest BCUT2D eigenvalue weighted by atomic mass is 32.2. The maximum absolute atomic E-state index is 9.64. The van der Waals surface area contributed by atoms with Gasteiger partial charge >= 0.3 is 0 Å². The van der Waals surface area contributed by atoms with Crippen molar-refractivity contribution >= 4 is 16.8 Å². The molecule has 0 bridgehead atoms. The first-order valence-electron chi connectivity index (χ1n) is 8.22. The molecule has 0 fully saturated rings. The first-order valence-corrected chi connectivity index (χ1v) is 9.04. The number of thioether (sulfide) groups is 1. The minimum atomic E-state index is -0.653. The first-order chi connectivity index (χ1) is 11.5. The topological polar surface area (TPSA) is 97.4 Å². The second-order valence-electron chi connectivity index (χ2n) is 5.83. The van der Waals surface area contributed by atoms with E-state index in [2.05, 4.69) is 45.0 Å². The maximum Gasteiger partial charge on any atom is 0.106 e. The van der Waals surface area contributed by atoms with Crippen molar-refractivity contribution in [1.82, 2.24) is 0 Å². The van der Waals surface area contributed by atoms with Crippen LogP contribution < -0.4 is 5.73 Å².